The predicted octanol–water partition coefficient (Wildman–Crippen LogP) is 3.30. The fourth-order valence-corrected chi connectivity index (χ4v) is 4.18. The molecular formula is C13H11Cl2FN2O4S2. The van der Waals surface area contributed by atoms with Crippen LogP contribution in [0.5, 0.6) is 0 Å². The molecule has 0 fully saturated rings. The number of hydrogen-bond acceptors (Lipinski definition) is 4. The first kappa shape index (κ1) is 18.8. The number of benzene rings is 2. The van der Waals surface area contributed by atoms with Crippen LogP contribution in [0.1, 0.15) is 0 Å². The molecule has 0 saturated heterocycles. The zero-order valence-corrected chi connectivity index (χ0v) is 15.2. The molecule has 0 aromatic heterocycles. The lowest BCUT2D eigenvalue weighted by molar-refractivity contribution is 0.595. The molecule has 2 N–H and O–H groups in total. The lowest BCUT2D eigenvalue weighted by Gasteiger charge is -2.12. The molecule has 130 valence electrons. The minimum Gasteiger partial charge on any atom is -0.282 e. The lowest BCUT2D eigenvalue weighted by atomic mass is 10.3. The van der Waals surface area contributed by atoms with Crippen LogP contribution in [0.3, 0.4) is 0 Å². The van der Waals surface area contributed by atoms with E-state index in [1.807, 2.05) is 0 Å². The lowest BCUT2D eigenvalue weighted by Crippen LogP contribution is -2.14. The summed E-state index contributed by atoms with van der Waals surface area (Å²) in [4.78, 5) is -0.432. The normalized spacial score (nSPS) is 12.0. The molecule has 0 spiro atoms. The first-order chi connectivity index (χ1) is 11.0. The van der Waals surface area contributed by atoms with E-state index in [9.17, 15) is 21.2 Å². The molecule has 0 heterocycles. The van der Waals surface area contributed by atoms with Crippen molar-refractivity contribution in [3.05, 3.63) is 52.3 Å². The molecule has 11 heteroatoms. The van der Waals surface area contributed by atoms with E-state index in [2.05, 4.69) is 9.44 Å². The molecule has 24 heavy (non-hydrogen) atoms. The largest absolute Gasteiger partial charge is 0.282 e. The van der Waals surface area contributed by atoms with Gasteiger partial charge < -0.3 is 0 Å². The van der Waals surface area contributed by atoms with Crippen LogP contribution in [0.4, 0.5) is 15.8 Å². The van der Waals surface area contributed by atoms with Gasteiger partial charge in [0.05, 0.1) is 27.7 Å². The third-order valence-electron chi connectivity index (χ3n) is 2.70. The van der Waals surface area contributed by atoms with Crippen molar-refractivity contribution in [1.82, 2.24) is 0 Å². The third kappa shape index (κ3) is 4.73. The molecular weight excluding hydrogens is 402 g/mol. The van der Waals surface area contributed by atoms with Crippen LogP contribution in [-0.4, -0.2) is 23.1 Å². The highest BCUT2D eigenvalue weighted by Gasteiger charge is 2.19. The van der Waals surface area contributed by atoms with Crippen molar-refractivity contribution in [2.45, 2.75) is 4.90 Å². The van der Waals surface area contributed by atoms with Gasteiger partial charge in [-0.1, -0.05) is 23.2 Å². The van der Waals surface area contributed by atoms with Gasteiger partial charge in [0.1, 0.15) is 10.7 Å². The zero-order chi connectivity index (χ0) is 18.1. The highest BCUT2D eigenvalue weighted by Crippen LogP contribution is 2.29. The summed E-state index contributed by atoms with van der Waals surface area (Å²) in [5, 5.41) is -0.170. The van der Waals surface area contributed by atoms with Crippen LogP contribution >= 0.6 is 23.2 Å². The molecule has 6 nitrogen and oxygen atoms in total. The Morgan fingerprint density at radius 3 is 2.17 bits per heavy atom. The summed E-state index contributed by atoms with van der Waals surface area (Å²) in [5.41, 5.74) is 0.144. The van der Waals surface area contributed by atoms with Crippen molar-refractivity contribution in [3.63, 3.8) is 0 Å². The molecule has 0 unspecified atom stereocenters. The Hall–Kier alpha value is -1.55. The second-order valence-corrected chi connectivity index (χ2v) is 8.96. The van der Waals surface area contributed by atoms with Gasteiger partial charge in [0.15, 0.2) is 0 Å². The van der Waals surface area contributed by atoms with E-state index in [1.54, 1.807) is 0 Å². The zero-order valence-electron chi connectivity index (χ0n) is 12.0. The summed E-state index contributed by atoms with van der Waals surface area (Å²) in [6.07, 6.45) is 0.950. The second-order valence-electron chi connectivity index (χ2n) is 4.75. The summed E-state index contributed by atoms with van der Waals surface area (Å²) in [6, 6.07) is 6.73. The molecule has 2 aromatic carbocycles. The highest BCUT2D eigenvalue weighted by molar-refractivity contribution is 7.93. The number of rotatable bonds is 5. The summed E-state index contributed by atoms with van der Waals surface area (Å²) in [5.74, 6) is -0.759. The Balaban J connectivity index is 2.34. The Morgan fingerprint density at radius 2 is 1.58 bits per heavy atom. The molecule has 2 rings (SSSR count). The first-order valence-electron chi connectivity index (χ1n) is 6.23. The van der Waals surface area contributed by atoms with E-state index < -0.39 is 30.8 Å². The predicted molar refractivity (Wildman–Crippen MR) is 92.1 cm³/mol. The van der Waals surface area contributed by atoms with Gasteiger partial charge in [-0.3, -0.25) is 9.44 Å². The average molecular weight is 413 g/mol. The van der Waals surface area contributed by atoms with E-state index in [-0.39, 0.29) is 21.4 Å². The molecule has 0 aliphatic carbocycles. The maximum atomic E-state index is 13.3. The van der Waals surface area contributed by atoms with Crippen LogP contribution in [0.2, 0.25) is 10.0 Å². The van der Waals surface area contributed by atoms with Crippen LogP contribution < -0.4 is 9.44 Å². The number of sulfonamides is 2. The Kier molecular flexibility index (Phi) is 5.28. The van der Waals surface area contributed by atoms with E-state index >= 15 is 0 Å². The van der Waals surface area contributed by atoms with Crippen molar-refractivity contribution >= 4 is 54.6 Å². The van der Waals surface area contributed by atoms with E-state index in [1.165, 1.54) is 18.2 Å². The second kappa shape index (κ2) is 6.75. The summed E-state index contributed by atoms with van der Waals surface area (Å²) < 4.78 is 64.6. The molecule has 0 bridgehead atoms. The quantitative estimate of drug-likeness (QED) is 0.787. The van der Waals surface area contributed by atoms with Crippen molar-refractivity contribution in [3.8, 4) is 0 Å². The van der Waals surface area contributed by atoms with Gasteiger partial charge in [0.25, 0.3) is 10.0 Å². The molecule has 0 amide bonds. The monoisotopic (exact) mass is 412 g/mol. The molecule has 0 radical (unpaired) electrons. The van der Waals surface area contributed by atoms with Gasteiger partial charge in [-0.15, -0.1) is 0 Å². The Bertz CT molecular complexity index is 995. The topological polar surface area (TPSA) is 92.3 Å². The van der Waals surface area contributed by atoms with Crippen LogP contribution in [0.25, 0.3) is 0 Å². The van der Waals surface area contributed by atoms with E-state index in [0.717, 1.165) is 24.5 Å². The maximum absolute atomic E-state index is 13.3. The summed E-state index contributed by atoms with van der Waals surface area (Å²) in [6.45, 7) is 0. The minimum absolute atomic E-state index is 0.0223. The first-order valence-corrected chi connectivity index (χ1v) is 10.4. The van der Waals surface area contributed by atoms with Crippen LogP contribution in [0.15, 0.2) is 41.3 Å². The van der Waals surface area contributed by atoms with Crippen LogP contribution in [0, 0.1) is 5.82 Å². The number of nitrogens with one attached hydrogen (secondary N) is 2. The van der Waals surface area contributed by atoms with Gasteiger partial charge >= 0.3 is 0 Å². The third-order valence-corrected chi connectivity index (χ3v) is 5.47. The molecule has 0 atom stereocenters. The minimum atomic E-state index is -4.15. The van der Waals surface area contributed by atoms with Crippen molar-refractivity contribution in [2.75, 3.05) is 15.7 Å². The van der Waals surface area contributed by atoms with E-state index in [0.29, 0.717) is 0 Å². The molecule has 0 aliphatic rings. The van der Waals surface area contributed by atoms with Crippen molar-refractivity contribution < 1.29 is 21.2 Å². The SMILES string of the molecule is CS(=O)(=O)Nc1ccc(NS(=O)(=O)c2cc(F)ccc2Cl)cc1Cl. The van der Waals surface area contributed by atoms with E-state index in [4.69, 9.17) is 23.2 Å². The van der Waals surface area contributed by atoms with Crippen molar-refractivity contribution in [2.24, 2.45) is 0 Å². The standard InChI is InChI=1S/C13H11Cl2FN2O4S2/c1-23(19,20)18-12-5-3-9(7-11(12)15)17-24(21,22)13-6-8(16)2-4-10(13)14/h2-7,17-18H,1H3. The highest BCUT2D eigenvalue weighted by atomic mass is 35.5. The summed E-state index contributed by atoms with van der Waals surface area (Å²) in [7, 11) is -7.68. The molecule has 2 aromatic rings. The number of hydrogen-bond donors (Lipinski definition) is 2. The van der Waals surface area contributed by atoms with Crippen molar-refractivity contribution in [1.29, 1.82) is 0 Å². The van der Waals surface area contributed by atoms with Gasteiger partial charge in [0, 0.05) is 0 Å². The van der Waals surface area contributed by atoms with Crippen LogP contribution in [-0.2, 0) is 20.0 Å². The molecule has 0 aliphatic heterocycles. The van der Waals surface area contributed by atoms with Gasteiger partial charge in [0.2, 0.25) is 10.0 Å². The fraction of sp³-hybridized carbons (Fsp3) is 0.0769. The molecule has 0 saturated carbocycles. The Labute approximate surface area is 148 Å². The van der Waals surface area contributed by atoms with Gasteiger partial charge in [-0.2, -0.15) is 0 Å². The van der Waals surface area contributed by atoms with Gasteiger partial charge in [-0.25, -0.2) is 21.2 Å². The fourth-order valence-electron chi connectivity index (χ4n) is 1.75. The average Bonchev–Trinajstić information content (AvgIpc) is 2.43. The van der Waals surface area contributed by atoms with Gasteiger partial charge in [-0.05, 0) is 36.4 Å². The maximum Gasteiger partial charge on any atom is 0.263 e. The number of halogens is 3. The summed E-state index contributed by atoms with van der Waals surface area (Å²) >= 11 is 11.7. The smallest absolute Gasteiger partial charge is 0.263 e. The number of anilines is 2. The Morgan fingerprint density at radius 1 is 0.917 bits per heavy atom.